The fourth-order valence-corrected chi connectivity index (χ4v) is 6.08. The van der Waals surface area contributed by atoms with Crippen molar-refractivity contribution in [1.82, 2.24) is 4.90 Å². The molecule has 0 unspecified atom stereocenters. The fraction of sp³-hybridized carbons (Fsp3) is 0.321. The van der Waals surface area contributed by atoms with Gasteiger partial charge in [0, 0.05) is 17.7 Å². The second-order valence-corrected chi connectivity index (χ2v) is 9.91. The summed E-state index contributed by atoms with van der Waals surface area (Å²) in [5.74, 6) is 3.23. The standard InChI is InChI=1S/C28H27ClN2O6S/c1-32-20-9-8-16-17(24(20)33-2)13-35-25(16)23-22-15(12-21-26(27(22)34-3)37-14-36-21)10-11-31(23)28(38)30-19-7-5-4-6-18(19)29/h4-9,12,23,25H,10-11,13-14H2,1-3H3,(H,30,38)/t23-,25+/m1/s1. The van der Waals surface area contributed by atoms with Gasteiger partial charge in [-0.05, 0) is 54.0 Å². The number of para-hydroxylation sites is 1. The number of hydrogen-bond donors (Lipinski definition) is 1. The lowest BCUT2D eigenvalue weighted by Crippen LogP contribution is -2.44. The maximum Gasteiger partial charge on any atom is 0.231 e. The number of nitrogens with zero attached hydrogens (tertiary/aromatic N) is 1. The number of methoxy groups -OCH3 is 3. The smallest absolute Gasteiger partial charge is 0.231 e. The summed E-state index contributed by atoms with van der Waals surface area (Å²) in [6.07, 6.45) is 0.360. The molecule has 0 saturated heterocycles. The van der Waals surface area contributed by atoms with Gasteiger partial charge in [0.2, 0.25) is 12.5 Å². The van der Waals surface area contributed by atoms with Crippen LogP contribution in [0.2, 0.25) is 5.02 Å². The summed E-state index contributed by atoms with van der Waals surface area (Å²) in [6, 6.07) is 13.2. The number of fused-ring (bicyclic) bond motifs is 3. The molecule has 3 aliphatic heterocycles. The van der Waals surface area contributed by atoms with Crippen LogP contribution < -0.4 is 29.0 Å². The molecule has 0 saturated carbocycles. The third-order valence-electron chi connectivity index (χ3n) is 7.26. The van der Waals surface area contributed by atoms with E-state index in [-0.39, 0.29) is 18.9 Å². The lowest BCUT2D eigenvalue weighted by Gasteiger charge is -2.42. The van der Waals surface area contributed by atoms with Gasteiger partial charge in [-0.3, -0.25) is 0 Å². The highest BCUT2D eigenvalue weighted by molar-refractivity contribution is 7.80. The zero-order chi connectivity index (χ0) is 26.4. The monoisotopic (exact) mass is 554 g/mol. The van der Waals surface area contributed by atoms with E-state index in [0.717, 1.165) is 34.4 Å². The number of nitrogens with one attached hydrogen (secondary N) is 1. The summed E-state index contributed by atoms with van der Waals surface area (Å²) in [4.78, 5) is 2.14. The van der Waals surface area contributed by atoms with Gasteiger partial charge in [0.1, 0.15) is 6.10 Å². The molecular formula is C28H27ClN2O6S. The van der Waals surface area contributed by atoms with E-state index in [1.165, 1.54) is 0 Å². The van der Waals surface area contributed by atoms with E-state index in [4.69, 9.17) is 52.2 Å². The normalized spacial score (nSPS) is 19.0. The van der Waals surface area contributed by atoms with Gasteiger partial charge >= 0.3 is 0 Å². The van der Waals surface area contributed by atoms with E-state index >= 15 is 0 Å². The van der Waals surface area contributed by atoms with Crippen molar-refractivity contribution < 1.29 is 28.4 Å². The second kappa shape index (κ2) is 10.1. The highest BCUT2D eigenvalue weighted by atomic mass is 35.5. The Morgan fingerprint density at radius 3 is 2.63 bits per heavy atom. The van der Waals surface area contributed by atoms with Gasteiger partial charge in [-0.15, -0.1) is 0 Å². The number of anilines is 1. The zero-order valence-corrected chi connectivity index (χ0v) is 22.8. The van der Waals surface area contributed by atoms with Crippen molar-refractivity contribution in [3.05, 3.63) is 69.7 Å². The molecule has 1 N–H and O–H groups in total. The number of halogens is 1. The Balaban J connectivity index is 1.49. The van der Waals surface area contributed by atoms with Gasteiger partial charge in [-0.25, -0.2) is 0 Å². The molecule has 0 fully saturated rings. The number of ether oxygens (including phenoxy) is 6. The fourth-order valence-electron chi connectivity index (χ4n) is 5.58. The topological polar surface area (TPSA) is 70.7 Å². The largest absolute Gasteiger partial charge is 0.493 e. The minimum Gasteiger partial charge on any atom is -0.493 e. The summed E-state index contributed by atoms with van der Waals surface area (Å²) >= 11 is 12.4. The molecule has 0 aromatic heterocycles. The van der Waals surface area contributed by atoms with Crippen molar-refractivity contribution in [1.29, 1.82) is 0 Å². The van der Waals surface area contributed by atoms with Crippen molar-refractivity contribution in [2.75, 3.05) is 40.0 Å². The minimum absolute atomic E-state index is 0.148. The van der Waals surface area contributed by atoms with Gasteiger partial charge in [0.05, 0.1) is 44.7 Å². The number of rotatable bonds is 5. The maximum absolute atomic E-state index is 6.52. The van der Waals surface area contributed by atoms with Crippen molar-refractivity contribution in [3.63, 3.8) is 0 Å². The second-order valence-electron chi connectivity index (χ2n) is 9.12. The summed E-state index contributed by atoms with van der Waals surface area (Å²) in [7, 11) is 4.91. The van der Waals surface area contributed by atoms with Crippen LogP contribution in [0.15, 0.2) is 42.5 Å². The quantitative estimate of drug-likeness (QED) is 0.402. The van der Waals surface area contributed by atoms with Crippen molar-refractivity contribution in [2.24, 2.45) is 0 Å². The Morgan fingerprint density at radius 2 is 1.87 bits per heavy atom. The summed E-state index contributed by atoms with van der Waals surface area (Å²) in [5, 5.41) is 4.47. The molecule has 3 aromatic carbocycles. The van der Waals surface area contributed by atoms with Crippen LogP contribution in [0.25, 0.3) is 0 Å². The third-order valence-corrected chi connectivity index (χ3v) is 7.93. The molecule has 6 rings (SSSR count). The van der Waals surface area contributed by atoms with Crippen LogP contribution >= 0.6 is 23.8 Å². The summed E-state index contributed by atoms with van der Waals surface area (Å²) < 4.78 is 35.3. The highest BCUT2D eigenvalue weighted by Crippen LogP contribution is 2.55. The first-order valence-corrected chi connectivity index (χ1v) is 13.0. The van der Waals surface area contributed by atoms with Gasteiger partial charge in [-0.2, -0.15) is 0 Å². The predicted octanol–water partition coefficient (Wildman–Crippen LogP) is 5.66. The lowest BCUT2D eigenvalue weighted by molar-refractivity contribution is 0.00837. The van der Waals surface area contributed by atoms with Crippen LogP contribution in [-0.2, 0) is 17.8 Å². The Labute approximate surface area is 231 Å². The van der Waals surface area contributed by atoms with Crippen LogP contribution in [0.1, 0.15) is 34.4 Å². The molecule has 3 aromatic rings. The Hall–Kier alpha value is -3.40. The number of thiocarbonyl (C=S) groups is 1. The lowest BCUT2D eigenvalue weighted by atomic mass is 9.85. The van der Waals surface area contributed by atoms with Crippen LogP contribution in [0.5, 0.6) is 28.7 Å². The average Bonchev–Trinajstić information content (AvgIpc) is 3.58. The van der Waals surface area contributed by atoms with Gasteiger partial charge in [0.25, 0.3) is 0 Å². The minimum atomic E-state index is -0.371. The van der Waals surface area contributed by atoms with Gasteiger partial charge in [-0.1, -0.05) is 29.8 Å². The molecular weight excluding hydrogens is 528 g/mol. The first kappa shape index (κ1) is 24.9. The highest BCUT2D eigenvalue weighted by Gasteiger charge is 2.44. The molecule has 0 bridgehead atoms. The Morgan fingerprint density at radius 1 is 1.05 bits per heavy atom. The summed E-state index contributed by atoms with van der Waals surface area (Å²) in [5.41, 5.74) is 4.75. The van der Waals surface area contributed by atoms with E-state index in [2.05, 4.69) is 10.2 Å². The van der Waals surface area contributed by atoms with Crippen LogP contribution in [0.3, 0.4) is 0 Å². The third kappa shape index (κ3) is 3.97. The van der Waals surface area contributed by atoms with Crippen LogP contribution in [-0.4, -0.2) is 44.7 Å². The summed E-state index contributed by atoms with van der Waals surface area (Å²) in [6.45, 7) is 1.17. The van der Waals surface area contributed by atoms with E-state index in [0.29, 0.717) is 52.0 Å². The van der Waals surface area contributed by atoms with Crippen LogP contribution in [0, 0.1) is 0 Å². The van der Waals surface area contributed by atoms with E-state index in [9.17, 15) is 0 Å². The molecule has 0 amide bonds. The Bertz CT molecular complexity index is 1420. The van der Waals surface area contributed by atoms with Gasteiger partial charge < -0.3 is 38.6 Å². The molecule has 10 heteroatoms. The number of hydrogen-bond acceptors (Lipinski definition) is 7. The molecule has 8 nitrogen and oxygen atoms in total. The molecule has 198 valence electrons. The Kier molecular flexibility index (Phi) is 6.59. The molecule has 0 aliphatic carbocycles. The molecule has 3 aliphatic rings. The van der Waals surface area contributed by atoms with Gasteiger partial charge in [0.15, 0.2) is 28.1 Å². The number of benzene rings is 3. The molecule has 38 heavy (non-hydrogen) atoms. The van der Waals surface area contributed by atoms with Crippen molar-refractivity contribution in [2.45, 2.75) is 25.2 Å². The first-order chi connectivity index (χ1) is 18.5. The van der Waals surface area contributed by atoms with Crippen molar-refractivity contribution >= 4 is 34.6 Å². The first-order valence-electron chi connectivity index (χ1n) is 12.2. The molecule has 3 heterocycles. The molecule has 2 atom stereocenters. The molecule has 0 radical (unpaired) electrons. The predicted molar refractivity (Wildman–Crippen MR) is 147 cm³/mol. The average molecular weight is 555 g/mol. The van der Waals surface area contributed by atoms with Crippen LogP contribution in [0.4, 0.5) is 5.69 Å². The molecule has 0 spiro atoms. The van der Waals surface area contributed by atoms with E-state index < -0.39 is 0 Å². The zero-order valence-electron chi connectivity index (χ0n) is 21.2. The SMILES string of the molecule is COc1ccc2c(c1OC)CO[C@@H]2[C@H]1c2c(cc3c(c2OC)OCO3)CCN1C(=S)Nc1ccccc1Cl. The van der Waals surface area contributed by atoms with Crippen molar-refractivity contribution in [3.8, 4) is 28.7 Å². The maximum atomic E-state index is 6.52. The van der Waals surface area contributed by atoms with E-state index in [1.54, 1.807) is 21.3 Å². The van der Waals surface area contributed by atoms with E-state index in [1.807, 2.05) is 42.5 Å².